The SMILES string of the molecule is COCCOCC(CO)COCCOC(=O)NC1CCC(NC(=O)OCCOC(=O)NC2CCC(NC(=O)OC)CC2)CC1. The number of hydrogen-bond donors (Lipinski definition) is 5. The van der Waals surface area contributed by atoms with Gasteiger partial charge in [-0.3, -0.25) is 0 Å². The molecule has 16 nitrogen and oxygen atoms in total. The second-order valence-corrected chi connectivity index (χ2v) is 10.8. The summed E-state index contributed by atoms with van der Waals surface area (Å²) >= 11 is 0. The van der Waals surface area contributed by atoms with Gasteiger partial charge in [-0.25, -0.2) is 19.2 Å². The minimum atomic E-state index is -0.591. The molecule has 0 spiro atoms. The van der Waals surface area contributed by atoms with Gasteiger partial charge in [0.15, 0.2) is 0 Å². The van der Waals surface area contributed by atoms with E-state index in [-0.39, 0.29) is 69.7 Å². The van der Waals surface area contributed by atoms with Crippen LogP contribution in [0.3, 0.4) is 0 Å². The molecule has 2 fully saturated rings. The van der Waals surface area contributed by atoms with Gasteiger partial charge in [-0.05, 0) is 51.4 Å². The Bertz CT molecular complexity index is 835. The summed E-state index contributed by atoms with van der Waals surface area (Å²) < 4.78 is 35.7. The van der Waals surface area contributed by atoms with Crippen LogP contribution < -0.4 is 21.3 Å². The molecule has 0 aliphatic heterocycles. The van der Waals surface area contributed by atoms with E-state index in [1.807, 2.05) is 0 Å². The highest BCUT2D eigenvalue weighted by Crippen LogP contribution is 2.20. The number of nitrogens with one attached hydrogen (secondary N) is 4. The number of ether oxygens (including phenoxy) is 7. The molecule has 0 bridgehead atoms. The van der Waals surface area contributed by atoms with Crippen LogP contribution in [0.4, 0.5) is 19.2 Å². The van der Waals surface area contributed by atoms with Gasteiger partial charge in [-0.2, -0.15) is 0 Å². The van der Waals surface area contributed by atoms with Crippen LogP contribution in [0, 0.1) is 5.92 Å². The lowest BCUT2D eigenvalue weighted by atomic mass is 9.91. The number of aliphatic hydroxyl groups excluding tert-OH is 1. The van der Waals surface area contributed by atoms with Crippen LogP contribution in [0.5, 0.6) is 0 Å². The molecule has 0 heterocycles. The first-order valence-corrected chi connectivity index (χ1v) is 15.2. The maximum atomic E-state index is 12.1. The third kappa shape index (κ3) is 16.7. The van der Waals surface area contributed by atoms with E-state index in [9.17, 15) is 24.3 Å². The summed E-state index contributed by atoms with van der Waals surface area (Å²) in [6.45, 7) is 1.63. The van der Waals surface area contributed by atoms with Crippen LogP contribution in [-0.2, 0) is 33.2 Å². The minimum Gasteiger partial charge on any atom is -0.453 e. The number of carbonyl (C=O) groups is 4. The Morgan fingerprint density at radius 2 is 0.909 bits per heavy atom. The van der Waals surface area contributed by atoms with E-state index < -0.39 is 24.4 Å². The summed E-state index contributed by atoms with van der Waals surface area (Å²) in [5.74, 6) is -0.164. The molecule has 0 aromatic rings. The van der Waals surface area contributed by atoms with Gasteiger partial charge < -0.3 is 59.5 Å². The molecular formula is C28H50N4O12. The third-order valence-electron chi connectivity index (χ3n) is 7.34. The topological polar surface area (TPSA) is 201 Å². The van der Waals surface area contributed by atoms with E-state index >= 15 is 0 Å². The largest absolute Gasteiger partial charge is 0.453 e. The number of methoxy groups -OCH3 is 2. The van der Waals surface area contributed by atoms with E-state index in [1.54, 1.807) is 7.11 Å². The zero-order chi connectivity index (χ0) is 32.0. The van der Waals surface area contributed by atoms with E-state index in [2.05, 4.69) is 26.0 Å². The zero-order valence-corrected chi connectivity index (χ0v) is 25.8. The first-order chi connectivity index (χ1) is 21.3. The standard InChI is InChI=1S/C28H50N4O12/c1-38-11-12-40-18-20(17-33)19-41-13-14-42-26(35)30-23-7-9-24(10-8-23)32-28(37)44-16-15-43-27(36)31-22-5-3-21(4-6-22)29-25(34)39-2/h20-24,33H,3-19H2,1-2H3,(H,29,34)(H,30,35)(H,31,36)(H,32,37). The maximum absolute atomic E-state index is 12.1. The molecule has 5 N–H and O–H groups in total. The first-order valence-electron chi connectivity index (χ1n) is 15.2. The van der Waals surface area contributed by atoms with Gasteiger partial charge in [-0.15, -0.1) is 0 Å². The molecule has 1 atom stereocenters. The van der Waals surface area contributed by atoms with Crippen LogP contribution in [0.2, 0.25) is 0 Å². The Morgan fingerprint density at radius 1 is 0.568 bits per heavy atom. The number of alkyl carbamates (subject to hydrolysis) is 4. The summed E-state index contributed by atoms with van der Waals surface area (Å²) in [5.41, 5.74) is 0. The maximum Gasteiger partial charge on any atom is 0.407 e. The molecule has 16 heteroatoms. The number of hydrogen-bond acceptors (Lipinski definition) is 12. The highest BCUT2D eigenvalue weighted by molar-refractivity contribution is 5.69. The molecule has 44 heavy (non-hydrogen) atoms. The van der Waals surface area contributed by atoms with Crippen molar-refractivity contribution >= 4 is 24.4 Å². The van der Waals surface area contributed by atoms with Crippen molar-refractivity contribution in [1.29, 1.82) is 0 Å². The second-order valence-electron chi connectivity index (χ2n) is 10.8. The molecule has 2 rings (SSSR count). The predicted octanol–water partition coefficient (Wildman–Crippen LogP) is 1.43. The fraction of sp³-hybridized carbons (Fsp3) is 0.857. The quantitative estimate of drug-likeness (QED) is 0.107. The summed E-state index contributed by atoms with van der Waals surface area (Å²) in [6.07, 6.45) is 3.35. The minimum absolute atomic E-state index is 0.0257. The van der Waals surface area contributed by atoms with Crippen molar-refractivity contribution in [2.24, 2.45) is 5.92 Å². The van der Waals surface area contributed by atoms with Gasteiger partial charge in [0.05, 0.1) is 46.8 Å². The third-order valence-corrected chi connectivity index (χ3v) is 7.34. The van der Waals surface area contributed by atoms with Crippen molar-refractivity contribution in [1.82, 2.24) is 21.3 Å². The molecule has 1 unspecified atom stereocenters. The van der Waals surface area contributed by atoms with Crippen molar-refractivity contribution in [2.75, 3.05) is 73.7 Å². The molecule has 2 aliphatic carbocycles. The molecule has 4 amide bonds. The smallest absolute Gasteiger partial charge is 0.407 e. The van der Waals surface area contributed by atoms with E-state index in [0.717, 1.165) is 12.8 Å². The Balaban J connectivity index is 1.45. The second kappa shape index (κ2) is 22.4. The Morgan fingerprint density at radius 3 is 1.25 bits per heavy atom. The average molecular weight is 635 g/mol. The first kappa shape index (κ1) is 37.1. The van der Waals surface area contributed by atoms with Crippen molar-refractivity contribution in [2.45, 2.75) is 75.5 Å². The highest BCUT2D eigenvalue weighted by Gasteiger charge is 2.25. The average Bonchev–Trinajstić information content (AvgIpc) is 3.02. The van der Waals surface area contributed by atoms with Crippen molar-refractivity contribution in [3.63, 3.8) is 0 Å². The monoisotopic (exact) mass is 634 g/mol. The number of aliphatic hydroxyl groups is 1. The van der Waals surface area contributed by atoms with Crippen LogP contribution in [0.15, 0.2) is 0 Å². The van der Waals surface area contributed by atoms with Gasteiger partial charge in [0.2, 0.25) is 0 Å². The summed E-state index contributed by atoms with van der Waals surface area (Å²) in [6, 6.07) is -0.170. The van der Waals surface area contributed by atoms with Gasteiger partial charge >= 0.3 is 24.4 Å². The van der Waals surface area contributed by atoms with Crippen molar-refractivity contribution in [3.05, 3.63) is 0 Å². The van der Waals surface area contributed by atoms with E-state index in [0.29, 0.717) is 58.3 Å². The van der Waals surface area contributed by atoms with Gasteiger partial charge in [-0.1, -0.05) is 0 Å². The molecule has 0 aromatic carbocycles. The summed E-state index contributed by atoms with van der Waals surface area (Å²) in [7, 11) is 2.91. The van der Waals surface area contributed by atoms with Crippen LogP contribution in [0.1, 0.15) is 51.4 Å². The Kier molecular flexibility index (Phi) is 18.9. The molecule has 2 aliphatic rings. The van der Waals surface area contributed by atoms with Crippen LogP contribution in [0.25, 0.3) is 0 Å². The molecule has 2 saturated carbocycles. The molecular weight excluding hydrogens is 584 g/mol. The zero-order valence-electron chi connectivity index (χ0n) is 25.8. The fourth-order valence-corrected chi connectivity index (χ4v) is 4.87. The number of carbonyl (C=O) groups excluding carboxylic acids is 4. The van der Waals surface area contributed by atoms with Crippen LogP contribution >= 0.6 is 0 Å². The Labute approximate surface area is 258 Å². The van der Waals surface area contributed by atoms with E-state index in [4.69, 9.17) is 28.4 Å². The lowest BCUT2D eigenvalue weighted by Gasteiger charge is -2.29. The number of rotatable bonds is 18. The van der Waals surface area contributed by atoms with Crippen molar-refractivity contribution in [3.8, 4) is 0 Å². The Hall–Kier alpha value is -3.08. The van der Waals surface area contributed by atoms with Crippen LogP contribution in [-0.4, -0.2) is 127 Å². The molecule has 0 saturated heterocycles. The molecule has 0 aromatic heterocycles. The lowest BCUT2D eigenvalue weighted by molar-refractivity contribution is -0.00657. The lowest BCUT2D eigenvalue weighted by Crippen LogP contribution is -2.44. The highest BCUT2D eigenvalue weighted by atomic mass is 16.6. The van der Waals surface area contributed by atoms with Gasteiger partial charge in [0, 0.05) is 37.2 Å². The van der Waals surface area contributed by atoms with E-state index in [1.165, 1.54) is 7.11 Å². The summed E-state index contributed by atoms with van der Waals surface area (Å²) in [4.78, 5) is 47.5. The van der Waals surface area contributed by atoms with Crippen molar-refractivity contribution < 1.29 is 57.4 Å². The molecule has 254 valence electrons. The van der Waals surface area contributed by atoms with Gasteiger partial charge in [0.1, 0.15) is 19.8 Å². The number of amides is 4. The normalized spacial score (nSPS) is 22.2. The molecule has 0 radical (unpaired) electrons. The summed E-state index contributed by atoms with van der Waals surface area (Å²) in [5, 5.41) is 20.5. The van der Waals surface area contributed by atoms with Gasteiger partial charge in [0.25, 0.3) is 0 Å². The predicted molar refractivity (Wildman–Crippen MR) is 155 cm³/mol. The fourth-order valence-electron chi connectivity index (χ4n) is 4.87.